The normalized spacial score (nSPS) is 12.1. The van der Waals surface area contributed by atoms with Gasteiger partial charge in [-0.2, -0.15) is 0 Å². The number of ether oxygens (including phenoxy) is 1. The van der Waals surface area contributed by atoms with Crippen LogP contribution in [0.5, 0.6) is 5.75 Å². The zero-order valence-electron chi connectivity index (χ0n) is 15.7. The van der Waals surface area contributed by atoms with Crippen LogP contribution in [0, 0.1) is 6.92 Å². The van der Waals surface area contributed by atoms with E-state index in [9.17, 15) is 0 Å². The third-order valence-electron chi connectivity index (χ3n) is 4.13. The van der Waals surface area contributed by atoms with Crippen LogP contribution in [0.25, 0.3) is 0 Å². The standard InChI is InChI=1S/C19H28N4OS/c1-14-23-16(12-25-14)10-11-21-18(20-4)22-13-19(2,3)15-6-8-17(24-5)9-7-15/h6-9,12H,10-11,13H2,1-5H3,(H2,20,21,22). The van der Waals surface area contributed by atoms with Crippen LogP contribution in [0.1, 0.15) is 30.1 Å². The molecule has 0 aliphatic rings. The average molecular weight is 361 g/mol. The van der Waals surface area contributed by atoms with Gasteiger partial charge in [-0.15, -0.1) is 11.3 Å². The summed E-state index contributed by atoms with van der Waals surface area (Å²) in [6.45, 7) is 8.06. The molecule has 0 amide bonds. The fraction of sp³-hybridized carbons (Fsp3) is 0.474. The number of guanidine groups is 1. The van der Waals surface area contributed by atoms with Crippen LogP contribution >= 0.6 is 11.3 Å². The second-order valence-electron chi connectivity index (χ2n) is 6.57. The molecule has 136 valence electrons. The van der Waals surface area contributed by atoms with E-state index in [0.717, 1.165) is 41.9 Å². The molecule has 0 fully saturated rings. The van der Waals surface area contributed by atoms with Crippen LogP contribution in [0.4, 0.5) is 0 Å². The summed E-state index contributed by atoms with van der Waals surface area (Å²) in [7, 11) is 3.48. The lowest BCUT2D eigenvalue weighted by molar-refractivity contribution is 0.414. The highest BCUT2D eigenvalue weighted by Crippen LogP contribution is 2.24. The first kappa shape index (κ1) is 19.2. The summed E-state index contributed by atoms with van der Waals surface area (Å²) >= 11 is 1.69. The topological polar surface area (TPSA) is 58.5 Å². The highest BCUT2D eigenvalue weighted by atomic mass is 32.1. The van der Waals surface area contributed by atoms with Crippen LogP contribution in [-0.2, 0) is 11.8 Å². The second kappa shape index (κ2) is 8.85. The molecule has 0 spiro atoms. The molecule has 6 heteroatoms. The number of aliphatic imine (C=N–C) groups is 1. The number of benzene rings is 1. The van der Waals surface area contributed by atoms with Gasteiger partial charge in [-0.1, -0.05) is 26.0 Å². The Labute approximate surface area is 154 Å². The number of hydrogen-bond acceptors (Lipinski definition) is 4. The van der Waals surface area contributed by atoms with Crippen molar-refractivity contribution in [1.82, 2.24) is 15.6 Å². The van der Waals surface area contributed by atoms with Gasteiger partial charge in [0.25, 0.3) is 0 Å². The lowest BCUT2D eigenvalue weighted by Crippen LogP contribution is -2.44. The molecule has 0 saturated carbocycles. The molecule has 1 aromatic carbocycles. The lowest BCUT2D eigenvalue weighted by Gasteiger charge is -2.27. The number of aryl methyl sites for hydroxylation is 1. The summed E-state index contributed by atoms with van der Waals surface area (Å²) in [5.41, 5.74) is 2.37. The van der Waals surface area contributed by atoms with Crippen molar-refractivity contribution in [2.75, 3.05) is 27.2 Å². The van der Waals surface area contributed by atoms with E-state index in [4.69, 9.17) is 4.74 Å². The summed E-state index contributed by atoms with van der Waals surface area (Å²) in [6.07, 6.45) is 0.896. The van der Waals surface area contributed by atoms with Crippen LogP contribution in [-0.4, -0.2) is 38.2 Å². The highest BCUT2D eigenvalue weighted by Gasteiger charge is 2.21. The van der Waals surface area contributed by atoms with E-state index in [1.54, 1.807) is 25.5 Å². The molecule has 0 bridgehead atoms. The quantitative estimate of drug-likeness (QED) is 0.588. The number of nitrogens with zero attached hydrogens (tertiary/aromatic N) is 2. The average Bonchev–Trinajstić information content (AvgIpc) is 3.03. The molecular formula is C19H28N4OS. The highest BCUT2D eigenvalue weighted by molar-refractivity contribution is 7.09. The van der Waals surface area contributed by atoms with Gasteiger partial charge in [-0.3, -0.25) is 4.99 Å². The third-order valence-corrected chi connectivity index (χ3v) is 4.96. The van der Waals surface area contributed by atoms with Crippen molar-refractivity contribution in [3.63, 3.8) is 0 Å². The van der Waals surface area contributed by atoms with E-state index >= 15 is 0 Å². The molecule has 0 saturated heterocycles. The SMILES string of the molecule is CN=C(NCCc1csc(C)n1)NCC(C)(C)c1ccc(OC)cc1. The molecule has 1 aromatic heterocycles. The maximum absolute atomic E-state index is 5.23. The molecule has 0 unspecified atom stereocenters. The first-order valence-electron chi connectivity index (χ1n) is 8.44. The van der Waals surface area contributed by atoms with Gasteiger partial charge in [-0.25, -0.2) is 4.98 Å². The number of thiazole rings is 1. The number of methoxy groups -OCH3 is 1. The Hall–Kier alpha value is -2.08. The first-order valence-corrected chi connectivity index (χ1v) is 9.32. The molecule has 0 aliphatic carbocycles. The van der Waals surface area contributed by atoms with E-state index in [1.165, 1.54) is 5.56 Å². The molecule has 25 heavy (non-hydrogen) atoms. The van der Waals surface area contributed by atoms with Crippen LogP contribution in [0.15, 0.2) is 34.6 Å². The Morgan fingerprint density at radius 2 is 1.96 bits per heavy atom. The first-order chi connectivity index (χ1) is 11.9. The lowest BCUT2D eigenvalue weighted by atomic mass is 9.84. The van der Waals surface area contributed by atoms with Crippen molar-refractivity contribution < 1.29 is 4.74 Å². The van der Waals surface area contributed by atoms with Crippen LogP contribution < -0.4 is 15.4 Å². The van der Waals surface area contributed by atoms with Gasteiger partial charge in [0, 0.05) is 37.4 Å². The van der Waals surface area contributed by atoms with E-state index in [2.05, 4.69) is 52.0 Å². The molecule has 5 nitrogen and oxygen atoms in total. The second-order valence-corrected chi connectivity index (χ2v) is 7.64. The van der Waals surface area contributed by atoms with Crippen molar-refractivity contribution in [2.24, 2.45) is 4.99 Å². The monoisotopic (exact) mass is 360 g/mol. The van der Waals surface area contributed by atoms with Crippen LogP contribution in [0.2, 0.25) is 0 Å². The van der Waals surface area contributed by atoms with E-state index < -0.39 is 0 Å². The largest absolute Gasteiger partial charge is 0.497 e. The van der Waals surface area contributed by atoms with Crippen molar-refractivity contribution >= 4 is 17.3 Å². The Morgan fingerprint density at radius 1 is 1.24 bits per heavy atom. The maximum Gasteiger partial charge on any atom is 0.191 e. The zero-order chi connectivity index (χ0) is 18.3. The van der Waals surface area contributed by atoms with Crippen molar-refractivity contribution in [2.45, 2.75) is 32.6 Å². The van der Waals surface area contributed by atoms with E-state index in [1.807, 2.05) is 19.1 Å². The van der Waals surface area contributed by atoms with Crippen molar-refractivity contribution in [3.8, 4) is 5.75 Å². The Balaban J connectivity index is 1.83. The summed E-state index contributed by atoms with van der Waals surface area (Å²) in [4.78, 5) is 8.79. The number of hydrogen-bond donors (Lipinski definition) is 2. The summed E-state index contributed by atoms with van der Waals surface area (Å²) in [5.74, 6) is 1.69. The Kier molecular flexibility index (Phi) is 6.82. The van der Waals surface area contributed by atoms with Gasteiger partial charge < -0.3 is 15.4 Å². The van der Waals surface area contributed by atoms with Crippen molar-refractivity contribution in [3.05, 3.63) is 45.9 Å². The molecule has 2 aromatic rings. The fourth-order valence-electron chi connectivity index (χ4n) is 2.50. The summed E-state index contributed by atoms with van der Waals surface area (Å²) in [5, 5.41) is 9.99. The zero-order valence-corrected chi connectivity index (χ0v) is 16.5. The molecule has 2 rings (SSSR count). The van der Waals surface area contributed by atoms with Gasteiger partial charge in [0.2, 0.25) is 0 Å². The molecular weight excluding hydrogens is 332 g/mol. The van der Waals surface area contributed by atoms with Gasteiger partial charge in [0.1, 0.15) is 5.75 Å². The van der Waals surface area contributed by atoms with E-state index in [-0.39, 0.29) is 5.41 Å². The molecule has 1 heterocycles. The van der Waals surface area contributed by atoms with E-state index in [0.29, 0.717) is 0 Å². The van der Waals surface area contributed by atoms with Gasteiger partial charge in [0.15, 0.2) is 5.96 Å². The predicted octanol–water partition coefficient (Wildman–Crippen LogP) is 3.15. The number of aromatic nitrogens is 1. The number of nitrogens with one attached hydrogen (secondary N) is 2. The minimum Gasteiger partial charge on any atom is -0.497 e. The minimum absolute atomic E-state index is 0.0179. The predicted molar refractivity (Wildman–Crippen MR) is 106 cm³/mol. The molecule has 0 radical (unpaired) electrons. The smallest absolute Gasteiger partial charge is 0.191 e. The van der Waals surface area contributed by atoms with Gasteiger partial charge >= 0.3 is 0 Å². The molecule has 0 aliphatic heterocycles. The van der Waals surface area contributed by atoms with Gasteiger partial charge in [-0.05, 0) is 24.6 Å². The van der Waals surface area contributed by atoms with Crippen LogP contribution in [0.3, 0.4) is 0 Å². The molecule has 2 N–H and O–H groups in total. The maximum atomic E-state index is 5.23. The van der Waals surface area contributed by atoms with Crippen molar-refractivity contribution in [1.29, 1.82) is 0 Å². The summed E-state index contributed by atoms with van der Waals surface area (Å²) in [6, 6.07) is 8.22. The number of rotatable bonds is 7. The Morgan fingerprint density at radius 3 is 2.52 bits per heavy atom. The fourth-order valence-corrected chi connectivity index (χ4v) is 3.15. The Bertz CT molecular complexity index is 692. The minimum atomic E-state index is -0.0179. The third kappa shape index (κ3) is 5.74. The summed E-state index contributed by atoms with van der Waals surface area (Å²) < 4.78 is 5.23. The van der Waals surface area contributed by atoms with Gasteiger partial charge in [0.05, 0.1) is 17.8 Å². The molecule has 0 atom stereocenters.